The second-order valence-corrected chi connectivity index (χ2v) is 7.47. The number of nitrogens with zero attached hydrogens (tertiary/aromatic N) is 2. The standard InChI is InChI=1S/C18H18FN3O2S/c1-22-12-11-20-18(22)17(15-9-5-6-10-16(15)19)21-25(23,24)13-14-7-3-2-4-8-14/h2-12,17,21H,13H2,1H3. The van der Waals surface area contributed by atoms with E-state index in [9.17, 15) is 12.8 Å². The lowest BCUT2D eigenvalue weighted by Crippen LogP contribution is -2.32. The maximum absolute atomic E-state index is 14.3. The van der Waals surface area contributed by atoms with Crippen molar-refractivity contribution in [2.45, 2.75) is 11.8 Å². The monoisotopic (exact) mass is 359 g/mol. The molecule has 0 radical (unpaired) electrons. The molecule has 130 valence electrons. The topological polar surface area (TPSA) is 64.0 Å². The number of sulfonamides is 1. The summed E-state index contributed by atoms with van der Waals surface area (Å²) in [5.41, 5.74) is 0.885. The second-order valence-electron chi connectivity index (χ2n) is 5.71. The zero-order valence-corrected chi connectivity index (χ0v) is 14.4. The highest BCUT2D eigenvalue weighted by molar-refractivity contribution is 7.88. The first-order valence-corrected chi connectivity index (χ1v) is 9.37. The van der Waals surface area contributed by atoms with Gasteiger partial charge in [-0.25, -0.2) is 17.8 Å². The Labute approximate surface area is 146 Å². The summed E-state index contributed by atoms with van der Waals surface area (Å²) >= 11 is 0. The fraction of sp³-hybridized carbons (Fsp3) is 0.167. The van der Waals surface area contributed by atoms with Gasteiger partial charge in [0.2, 0.25) is 10.0 Å². The SMILES string of the molecule is Cn1ccnc1C(NS(=O)(=O)Cc1ccccc1)c1ccccc1F. The summed E-state index contributed by atoms with van der Waals surface area (Å²) in [5, 5.41) is 0. The Hall–Kier alpha value is -2.51. The summed E-state index contributed by atoms with van der Waals surface area (Å²) in [7, 11) is -1.97. The van der Waals surface area contributed by atoms with Gasteiger partial charge in [-0.1, -0.05) is 48.5 Å². The van der Waals surface area contributed by atoms with E-state index in [1.165, 1.54) is 6.07 Å². The van der Waals surface area contributed by atoms with Crippen LogP contribution in [-0.2, 0) is 22.8 Å². The van der Waals surface area contributed by atoms with E-state index >= 15 is 0 Å². The summed E-state index contributed by atoms with van der Waals surface area (Å²) < 4.78 is 43.8. The first-order valence-electron chi connectivity index (χ1n) is 7.72. The van der Waals surface area contributed by atoms with Crippen LogP contribution in [0.5, 0.6) is 0 Å². The second kappa shape index (κ2) is 7.16. The van der Waals surface area contributed by atoms with E-state index in [0.717, 1.165) is 0 Å². The lowest BCUT2D eigenvalue weighted by molar-refractivity contribution is 0.544. The number of nitrogens with one attached hydrogen (secondary N) is 1. The van der Waals surface area contributed by atoms with Crippen molar-refractivity contribution < 1.29 is 12.8 Å². The Morgan fingerprint density at radius 2 is 1.80 bits per heavy atom. The number of aromatic nitrogens is 2. The molecule has 0 amide bonds. The van der Waals surface area contributed by atoms with E-state index in [1.54, 1.807) is 66.5 Å². The maximum atomic E-state index is 14.3. The normalized spacial score (nSPS) is 12.9. The molecule has 0 spiro atoms. The van der Waals surface area contributed by atoms with Gasteiger partial charge in [0.25, 0.3) is 0 Å². The van der Waals surface area contributed by atoms with Gasteiger partial charge in [-0.3, -0.25) is 0 Å². The Bertz CT molecular complexity index is 955. The van der Waals surface area contributed by atoms with Crippen LogP contribution in [0.3, 0.4) is 0 Å². The molecule has 1 atom stereocenters. The van der Waals surface area contributed by atoms with Crippen molar-refractivity contribution in [2.75, 3.05) is 0 Å². The van der Waals surface area contributed by atoms with Gasteiger partial charge in [0.1, 0.15) is 17.7 Å². The van der Waals surface area contributed by atoms with Gasteiger partial charge in [0, 0.05) is 25.0 Å². The highest BCUT2D eigenvalue weighted by atomic mass is 32.2. The molecule has 1 N–H and O–H groups in total. The van der Waals surface area contributed by atoms with Crippen LogP contribution < -0.4 is 4.72 Å². The molecule has 7 heteroatoms. The van der Waals surface area contributed by atoms with Crippen molar-refractivity contribution in [3.8, 4) is 0 Å². The van der Waals surface area contributed by atoms with Gasteiger partial charge in [0.15, 0.2) is 0 Å². The van der Waals surface area contributed by atoms with Crippen molar-refractivity contribution >= 4 is 10.0 Å². The van der Waals surface area contributed by atoms with Gasteiger partial charge in [-0.15, -0.1) is 0 Å². The van der Waals surface area contributed by atoms with E-state index < -0.39 is 21.9 Å². The average Bonchev–Trinajstić information content (AvgIpc) is 3.00. The van der Waals surface area contributed by atoms with Crippen molar-refractivity contribution in [2.24, 2.45) is 7.05 Å². The molecule has 1 unspecified atom stereocenters. The van der Waals surface area contributed by atoms with Crippen LogP contribution >= 0.6 is 0 Å². The number of rotatable bonds is 6. The zero-order chi connectivity index (χ0) is 17.9. The number of aryl methyl sites for hydroxylation is 1. The minimum absolute atomic E-state index is 0.191. The van der Waals surface area contributed by atoms with Gasteiger partial charge < -0.3 is 4.57 Å². The number of benzene rings is 2. The molecule has 2 aromatic carbocycles. The molecule has 1 heterocycles. The first-order chi connectivity index (χ1) is 12.0. The van der Waals surface area contributed by atoms with Gasteiger partial charge in [-0.05, 0) is 11.6 Å². The average molecular weight is 359 g/mol. The minimum Gasteiger partial charge on any atom is -0.336 e. The van der Waals surface area contributed by atoms with E-state index in [1.807, 2.05) is 6.07 Å². The van der Waals surface area contributed by atoms with Crippen LogP contribution in [-0.4, -0.2) is 18.0 Å². The Kier molecular flexibility index (Phi) is 4.96. The third-order valence-corrected chi connectivity index (χ3v) is 5.14. The number of hydrogen-bond acceptors (Lipinski definition) is 3. The molecular weight excluding hydrogens is 341 g/mol. The summed E-state index contributed by atoms with van der Waals surface area (Å²) in [6, 6.07) is 14.0. The van der Waals surface area contributed by atoms with E-state index in [2.05, 4.69) is 9.71 Å². The van der Waals surface area contributed by atoms with Gasteiger partial charge >= 0.3 is 0 Å². The third kappa shape index (κ3) is 4.12. The summed E-state index contributed by atoms with van der Waals surface area (Å²) in [6.45, 7) is 0. The van der Waals surface area contributed by atoms with Crippen LogP contribution in [0.1, 0.15) is 23.0 Å². The zero-order valence-electron chi connectivity index (χ0n) is 13.6. The molecule has 25 heavy (non-hydrogen) atoms. The molecule has 0 bridgehead atoms. The molecular formula is C18H18FN3O2S. The highest BCUT2D eigenvalue weighted by Gasteiger charge is 2.26. The molecule has 0 aliphatic rings. The molecule has 1 aromatic heterocycles. The summed E-state index contributed by atoms with van der Waals surface area (Å²) in [6.07, 6.45) is 3.24. The van der Waals surface area contributed by atoms with Crippen molar-refractivity contribution in [1.29, 1.82) is 0 Å². The largest absolute Gasteiger partial charge is 0.336 e. The Morgan fingerprint density at radius 3 is 2.44 bits per heavy atom. The maximum Gasteiger partial charge on any atom is 0.216 e. The summed E-state index contributed by atoms with van der Waals surface area (Å²) in [5.74, 6) is -0.261. The highest BCUT2D eigenvalue weighted by Crippen LogP contribution is 2.24. The molecule has 3 aromatic rings. The fourth-order valence-electron chi connectivity index (χ4n) is 2.63. The lowest BCUT2D eigenvalue weighted by Gasteiger charge is -2.19. The predicted molar refractivity (Wildman–Crippen MR) is 93.7 cm³/mol. The number of halogens is 1. The quantitative estimate of drug-likeness (QED) is 0.736. The van der Waals surface area contributed by atoms with Crippen molar-refractivity contribution in [3.05, 3.63) is 89.8 Å². The molecule has 0 saturated heterocycles. The van der Waals surface area contributed by atoms with Crippen LogP contribution in [0, 0.1) is 5.82 Å². The van der Waals surface area contributed by atoms with E-state index in [0.29, 0.717) is 11.4 Å². The molecule has 0 aliphatic heterocycles. The Morgan fingerprint density at radius 1 is 1.12 bits per heavy atom. The van der Waals surface area contributed by atoms with Crippen LogP contribution in [0.4, 0.5) is 4.39 Å². The number of imidazole rings is 1. The Balaban J connectivity index is 1.96. The molecule has 0 aliphatic carbocycles. The lowest BCUT2D eigenvalue weighted by atomic mass is 10.1. The van der Waals surface area contributed by atoms with Gasteiger partial charge in [0.05, 0.1) is 5.75 Å². The molecule has 3 rings (SSSR count). The van der Waals surface area contributed by atoms with Crippen molar-refractivity contribution in [1.82, 2.24) is 14.3 Å². The third-order valence-electron chi connectivity index (χ3n) is 3.83. The van der Waals surface area contributed by atoms with E-state index in [-0.39, 0.29) is 11.3 Å². The van der Waals surface area contributed by atoms with Crippen LogP contribution in [0.15, 0.2) is 67.0 Å². The minimum atomic E-state index is -3.71. The summed E-state index contributed by atoms with van der Waals surface area (Å²) in [4.78, 5) is 4.19. The molecule has 0 fully saturated rings. The van der Waals surface area contributed by atoms with E-state index in [4.69, 9.17) is 0 Å². The smallest absolute Gasteiger partial charge is 0.216 e. The van der Waals surface area contributed by atoms with Crippen molar-refractivity contribution in [3.63, 3.8) is 0 Å². The predicted octanol–water partition coefficient (Wildman–Crippen LogP) is 2.77. The first kappa shape index (κ1) is 17.3. The van der Waals surface area contributed by atoms with Crippen LogP contribution in [0.2, 0.25) is 0 Å². The molecule has 5 nitrogen and oxygen atoms in total. The number of hydrogen-bond donors (Lipinski definition) is 1. The van der Waals surface area contributed by atoms with Gasteiger partial charge in [-0.2, -0.15) is 4.72 Å². The molecule has 0 saturated carbocycles. The fourth-order valence-corrected chi connectivity index (χ4v) is 3.94. The van der Waals surface area contributed by atoms with Crippen LogP contribution in [0.25, 0.3) is 0 Å².